The van der Waals surface area contributed by atoms with Crippen molar-refractivity contribution in [2.75, 3.05) is 0 Å². The summed E-state index contributed by atoms with van der Waals surface area (Å²) in [5, 5.41) is 8.91. The molecule has 3 nitrogen and oxygen atoms in total. The summed E-state index contributed by atoms with van der Waals surface area (Å²) >= 11 is 3.40. The van der Waals surface area contributed by atoms with Gasteiger partial charge in [0.15, 0.2) is 0 Å². The molecule has 0 aliphatic rings. The molecule has 0 atom stereocenters. The van der Waals surface area contributed by atoms with Crippen molar-refractivity contribution < 1.29 is 0 Å². The highest BCUT2D eigenvalue weighted by molar-refractivity contribution is 9.10. The number of nitriles is 1. The van der Waals surface area contributed by atoms with Crippen molar-refractivity contribution in [2.24, 2.45) is 0 Å². The predicted octanol–water partition coefficient (Wildman–Crippen LogP) is 3.66. The van der Waals surface area contributed by atoms with Crippen LogP contribution in [0.4, 0.5) is 0 Å². The van der Waals surface area contributed by atoms with Gasteiger partial charge in [0.1, 0.15) is 12.4 Å². The minimum Gasteiger partial charge on any atom is -0.299 e. The number of halogens is 1. The fourth-order valence-electron chi connectivity index (χ4n) is 1.91. The van der Waals surface area contributed by atoms with E-state index in [2.05, 4.69) is 27.0 Å². The van der Waals surface area contributed by atoms with Crippen molar-refractivity contribution in [1.82, 2.24) is 9.55 Å². The molecule has 2 aromatic carbocycles. The van der Waals surface area contributed by atoms with Gasteiger partial charge < -0.3 is 0 Å². The molecule has 1 heterocycles. The lowest BCUT2D eigenvalue weighted by Gasteiger charge is -2.05. The second kappa shape index (κ2) is 4.28. The van der Waals surface area contributed by atoms with Crippen molar-refractivity contribution in [3.63, 3.8) is 0 Å². The lowest BCUT2D eigenvalue weighted by atomic mass is 10.2. The molecule has 0 aliphatic heterocycles. The Balaban J connectivity index is 2.21. The first kappa shape index (κ1) is 11.0. The van der Waals surface area contributed by atoms with E-state index < -0.39 is 0 Å². The normalized spacial score (nSPS) is 10.4. The Morgan fingerprint density at radius 3 is 2.78 bits per heavy atom. The van der Waals surface area contributed by atoms with Crippen LogP contribution in [0.1, 0.15) is 5.56 Å². The van der Waals surface area contributed by atoms with Crippen LogP contribution < -0.4 is 0 Å². The van der Waals surface area contributed by atoms with E-state index in [9.17, 15) is 0 Å². The first-order chi connectivity index (χ1) is 8.79. The molecule has 0 radical (unpaired) electrons. The fraction of sp³-hybridized carbons (Fsp3) is 0. The van der Waals surface area contributed by atoms with E-state index in [0.717, 1.165) is 21.2 Å². The number of hydrogen-bond acceptors (Lipinski definition) is 2. The van der Waals surface area contributed by atoms with Crippen LogP contribution in [0.25, 0.3) is 16.7 Å². The number of fused-ring (bicyclic) bond motifs is 1. The first-order valence-electron chi connectivity index (χ1n) is 5.42. The minimum absolute atomic E-state index is 0.628. The summed E-state index contributed by atoms with van der Waals surface area (Å²) in [5.74, 6) is 0. The van der Waals surface area contributed by atoms with Crippen LogP contribution in [-0.4, -0.2) is 9.55 Å². The monoisotopic (exact) mass is 297 g/mol. The Bertz CT molecular complexity index is 768. The van der Waals surface area contributed by atoms with Gasteiger partial charge in [-0.1, -0.05) is 12.1 Å². The molecule has 0 amide bonds. The smallest absolute Gasteiger partial charge is 0.100 e. The van der Waals surface area contributed by atoms with E-state index in [1.54, 1.807) is 12.4 Å². The summed E-state index contributed by atoms with van der Waals surface area (Å²) < 4.78 is 2.79. The van der Waals surface area contributed by atoms with Crippen LogP contribution in [0.5, 0.6) is 0 Å². The van der Waals surface area contributed by atoms with Crippen molar-refractivity contribution in [3.8, 4) is 11.8 Å². The molecule has 0 saturated heterocycles. The van der Waals surface area contributed by atoms with Crippen molar-refractivity contribution >= 4 is 27.0 Å². The van der Waals surface area contributed by atoms with Gasteiger partial charge in [0.25, 0.3) is 0 Å². The molecule has 3 aromatic rings. The van der Waals surface area contributed by atoms with Gasteiger partial charge in [-0.15, -0.1) is 0 Å². The molecular weight excluding hydrogens is 290 g/mol. The predicted molar refractivity (Wildman–Crippen MR) is 73.5 cm³/mol. The molecular formula is C14H8BrN3. The van der Waals surface area contributed by atoms with Gasteiger partial charge in [-0.05, 0) is 46.3 Å². The van der Waals surface area contributed by atoms with Crippen molar-refractivity contribution in [3.05, 3.63) is 58.8 Å². The molecule has 0 unspecified atom stereocenters. The van der Waals surface area contributed by atoms with E-state index in [1.807, 2.05) is 41.0 Å². The Morgan fingerprint density at radius 1 is 1.17 bits per heavy atom. The Hall–Kier alpha value is -2.12. The number of nitrogens with zero attached hydrogens (tertiary/aromatic N) is 3. The van der Waals surface area contributed by atoms with Gasteiger partial charge in [0.2, 0.25) is 0 Å². The molecule has 0 aliphatic carbocycles. The summed E-state index contributed by atoms with van der Waals surface area (Å²) in [7, 11) is 0. The summed E-state index contributed by atoms with van der Waals surface area (Å²) in [4.78, 5) is 4.35. The third-order valence-electron chi connectivity index (χ3n) is 2.80. The van der Waals surface area contributed by atoms with E-state index in [4.69, 9.17) is 5.26 Å². The van der Waals surface area contributed by atoms with Crippen LogP contribution in [0.15, 0.2) is 53.3 Å². The molecule has 0 fully saturated rings. The lowest BCUT2D eigenvalue weighted by molar-refractivity contribution is 1.09. The highest BCUT2D eigenvalue weighted by Gasteiger charge is 2.06. The first-order valence-corrected chi connectivity index (χ1v) is 6.21. The van der Waals surface area contributed by atoms with Gasteiger partial charge in [-0.2, -0.15) is 5.26 Å². The SMILES string of the molecule is N#Cc1ccc(-n2cnc3ccccc32)cc1Br. The zero-order chi connectivity index (χ0) is 12.5. The second-order valence-corrected chi connectivity index (χ2v) is 4.73. The average molecular weight is 298 g/mol. The number of benzene rings is 2. The Morgan fingerprint density at radius 2 is 2.00 bits per heavy atom. The third kappa shape index (κ3) is 1.69. The zero-order valence-electron chi connectivity index (χ0n) is 9.34. The molecule has 1 aromatic heterocycles. The highest BCUT2D eigenvalue weighted by Crippen LogP contribution is 2.23. The molecule has 0 N–H and O–H groups in total. The average Bonchev–Trinajstić information content (AvgIpc) is 2.82. The van der Waals surface area contributed by atoms with Gasteiger partial charge in [0, 0.05) is 10.2 Å². The summed E-state index contributed by atoms with van der Waals surface area (Å²) in [6.07, 6.45) is 1.79. The van der Waals surface area contributed by atoms with Gasteiger partial charge in [-0.25, -0.2) is 4.98 Å². The second-order valence-electron chi connectivity index (χ2n) is 3.88. The molecule has 4 heteroatoms. The van der Waals surface area contributed by atoms with Gasteiger partial charge in [-0.3, -0.25) is 4.57 Å². The standard InChI is InChI=1S/C14H8BrN3/c15-12-7-11(6-5-10(12)8-16)18-9-17-13-3-1-2-4-14(13)18/h1-7,9H. The number of para-hydroxylation sites is 2. The number of aromatic nitrogens is 2. The van der Waals surface area contributed by atoms with E-state index in [1.165, 1.54) is 0 Å². The molecule has 3 rings (SSSR count). The zero-order valence-corrected chi connectivity index (χ0v) is 10.9. The summed E-state index contributed by atoms with van der Waals surface area (Å²) in [6, 6.07) is 15.7. The molecule has 0 bridgehead atoms. The van der Waals surface area contributed by atoms with Crippen LogP contribution in [0.2, 0.25) is 0 Å². The van der Waals surface area contributed by atoms with E-state index in [-0.39, 0.29) is 0 Å². The van der Waals surface area contributed by atoms with Crippen LogP contribution >= 0.6 is 15.9 Å². The maximum atomic E-state index is 8.91. The van der Waals surface area contributed by atoms with Crippen molar-refractivity contribution in [2.45, 2.75) is 0 Å². The maximum Gasteiger partial charge on any atom is 0.100 e. The number of imidazole rings is 1. The van der Waals surface area contributed by atoms with Crippen molar-refractivity contribution in [1.29, 1.82) is 5.26 Å². The minimum atomic E-state index is 0.628. The summed E-state index contributed by atoms with van der Waals surface area (Å²) in [5.41, 5.74) is 3.62. The van der Waals surface area contributed by atoms with E-state index in [0.29, 0.717) is 5.56 Å². The highest BCUT2D eigenvalue weighted by atomic mass is 79.9. The number of hydrogen-bond donors (Lipinski definition) is 0. The molecule has 18 heavy (non-hydrogen) atoms. The lowest BCUT2D eigenvalue weighted by Crippen LogP contribution is -1.92. The number of rotatable bonds is 1. The third-order valence-corrected chi connectivity index (χ3v) is 3.46. The van der Waals surface area contributed by atoms with Crippen LogP contribution in [-0.2, 0) is 0 Å². The molecule has 0 spiro atoms. The maximum absolute atomic E-state index is 8.91. The quantitative estimate of drug-likeness (QED) is 0.688. The van der Waals surface area contributed by atoms with Crippen LogP contribution in [0, 0.1) is 11.3 Å². The molecule has 0 saturated carbocycles. The van der Waals surface area contributed by atoms with E-state index >= 15 is 0 Å². The fourth-order valence-corrected chi connectivity index (χ4v) is 2.36. The van der Waals surface area contributed by atoms with Gasteiger partial charge in [0.05, 0.1) is 16.6 Å². The topological polar surface area (TPSA) is 41.6 Å². The van der Waals surface area contributed by atoms with Crippen LogP contribution in [0.3, 0.4) is 0 Å². The summed E-state index contributed by atoms with van der Waals surface area (Å²) in [6.45, 7) is 0. The largest absolute Gasteiger partial charge is 0.299 e. The Kier molecular flexibility index (Phi) is 2.62. The molecule has 86 valence electrons. The Labute approximate surface area is 112 Å². The van der Waals surface area contributed by atoms with Gasteiger partial charge >= 0.3 is 0 Å².